The molecule has 1 saturated heterocycles. The van der Waals surface area contributed by atoms with Crippen LogP contribution in [0.4, 0.5) is 5.69 Å². The lowest BCUT2D eigenvalue weighted by Crippen LogP contribution is -2.45. The van der Waals surface area contributed by atoms with E-state index in [2.05, 4.69) is 0 Å². The van der Waals surface area contributed by atoms with Gasteiger partial charge in [-0.05, 0) is 18.1 Å². The van der Waals surface area contributed by atoms with E-state index in [4.69, 9.17) is 0 Å². The smallest absolute Gasteiger partial charge is 0.264 e. The number of ketones is 1. The number of hydrogen-bond donors (Lipinski definition) is 1. The molecule has 2 aliphatic heterocycles. The first kappa shape index (κ1) is 13.3. The van der Waals surface area contributed by atoms with Crippen molar-refractivity contribution in [3.8, 4) is 0 Å². The minimum absolute atomic E-state index is 0.126. The van der Waals surface area contributed by atoms with Gasteiger partial charge >= 0.3 is 0 Å². The van der Waals surface area contributed by atoms with Gasteiger partial charge in [0.05, 0.1) is 12.2 Å². The number of fused-ring (bicyclic) bond motifs is 3. The summed E-state index contributed by atoms with van der Waals surface area (Å²) in [7, 11) is 0. The lowest BCUT2D eigenvalue weighted by atomic mass is 10.0. The Kier molecular flexibility index (Phi) is 2.74. The molecule has 5 heteroatoms. The number of aliphatic hydroxyl groups is 1. The highest BCUT2D eigenvalue weighted by atomic mass is 16.3. The topological polar surface area (TPSA) is 62.5 Å². The number of pyridine rings is 1. The van der Waals surface area contributed by atoms with Gasteiger partial charge in [0.15, 0.2) is 0 Å². The average Bonchev–Trinajstić information content (AvgIpc) is 3.00. The van der Waals surface area contributed by atoms with Crippen LogP contribution in [-0.2, 0) is 6.54 Å². The maximum absolute atomic E-state index is 12.7. The third kappa shape index (κ3) is 1.69. The predicted octanol–water partition coefficient (Wildman–Crippen LogP) is 1.38. The number of Topliss-reactive ketones (excluding diaryl/α,β-unsaturated/α-hetero) is 1. The van der Waals surface area contributed by atoms with Gasteiger partial charge in [-0.1, -0.05) is 30.3 Å². The molecule has 22 heavy (non-hydrogen) atoms. The minimum atomic E-state index is -1.51. The van der Waals surface area contributed by atoms with Gasteiger partial charge in [0.1, 0.15) is 5.56 Å². The molecule has 2 aliphatic rings. The first-order valence-electron chi connectivity index (χ1n) is 7.43. The van der Waals surface area contributed by atoms with Gasteiger partial charge in [-0.3, -0.25) is 9.59 Å². The Labute approximate surface area is 127 Å². The van der Waals surface area contributed by atoms with E-state index in [0.29, 0.717) is 25.2 Å². The molecule has 0 radical (unpaired) electrons. The van der Waals surface area contributed by atoms with Gasteiger partial charge in [-0.2, -0.15) is 0 Å². The molecule has 0 saturated carbocycles. The first-order chi connectivity index (χ1) is 10.6. The molecule has 4 rings (SSSR count). The monoisotopic (exact) mass is 296 g/mol. The number of carbonyl (C=O) groups excluding carboxylic acids is 1. The van der Waals surface area contributed by atoms with Crippen molar-refractivity contribution >= 4 is 11.5 Å². The number of anilines is 1. The summed E-state index contributed by atoms with van der Waals surface area (Å²) in [6.45, 7) is 1.02. The fraction of sp³-hybridized carbons (Fsp3) is 0.294. The summed E-state index contributed by atoms with van der Waals surface area (Å²) < 4.78 is 1.53. The quantitative estimate of drug-likeness (QED) is 0.909. The molecular weight excluding hydrogens is 280 g/mol. The van der Waals surface area contributed by atoms with E-state index in [1.54, 1.807) is 17.2 Å². The third-order valence-electron chi connectivity index (χ3n) is 4.57. The summed E-state index contributed by atoms with van der Waals surface area (Å²) in [4.78, 5) is 26.8. The molecule has 1 aromatic heterocycles. The molecule has 0 spiro atoms. The van der Waals surface area contributed by atoms with Gasteiger partial charge in [-0.25, -0.2) is 0 Å². The minimum Gasteiger partial charge on any atom is -0.364 e. The van der Waals surface area contributed by atoms with E-state index < -0.39 is 11.5 Å². The van der Waals surface area contributed by atoms with E-state index in [9.17, 15) is 14.7 Å². The molecular formula is C17H16N2O3. The Bertz CT molecular complexity index is 812. The van der Waals surface area contributed by atoms with Crippen molar-refractivity contribution in [3.63, 3.8) is 0 Å². The zero-order valence-electron chi connectivity index (χ0n) is 12.0. The molecule has 0 amide bonds. The highest BCUT2D eigenvalue weighted by Gasteiger charge is 2.54. The SMILES string of the molecule is O=C1c2c(ccn(Cc3ccccc3)c2=O)N2CCCC12O. The van der Waals surface area contributed by atoms with Crippen LogP contribution < -0.4 is 10.5 Å². The summed E-state index contributed by atoms with van der Waals surface area (Å²) >= 11 is 0. The highest BCUT2D eigenvalue weighted by molar-refractivity contribution is 6.12. The fourth-order valence-electron chi connectivity index (χ4n) is 3.47. The van der Waals surface area contributed by atoms with Crippen LogP contribution >= 0.6 is 0 Å². The standard InChI is InChI=1S/C17H16N2O3/c20-15-14-13(19-9-4-8-17(15,19)22)7-10-18(16(14)21)11-12-5-2-1-3-6-12/h1-3,5-7,10,22H,4,8-9,11H2. The number of carbonyl (C=O) groups is 1. The zero-order chi connectivity index (χ0) is 15.3. The molecule has 2 aromatic rings. The van der Waals surface area contributed by atoms with Crippen molar-refractivity contribution in [3.05, 3.63) is 64.1 Å². The fourth-order valence-corrected chi connectivity index (χ4v) is 3.47. The van der Waals surface area contributed by atoms with Crippen LogP contribution in [-0.4, -0.2) is 27.7 Å². The molecule has 1 atom stereocenters. The second-order valence-electron chi connectivity index (χ2n) is 5.90. The number of hydrogen-bond acceptors (Lipinski definition) is 4. The molecule has 3 heterocycles. The third-order valence-corrected chi connectivity index (χ3v) is 4.57. The molecule has 0 aliphatic carbocycles. The van der Waals surface area contributed by atoms with Crippen LogP contribution in [0, 0.1) is 0 Å². The molecule has 1 unspecified atom stereocenters. The van der Waals surface area contributed by atoms with Crippen molar-refractivity contribution in [2.75, 3.05) is 11.4 Å². The van der Waals surface area contributed by atoms with Crippen LogP contribution in [0.15, 0.2) is 47.4 Å². The van der Waals surface area contributed by atoms with Crippen LogP contribution in [0.5, 0.6) is 0 Å². The van der Waals surface area contributed by atoms with Gasteiger partial charge in [0, 0.05) is 19.2 Å². The van der Waals surface area contributed by atoms with Gasteiger partial charge < -0.3 is 14.6 Å². The Morgan fingerprint density at radius 1 is 1.14 bits per heavy atom. The van der Waals surface area contributed by atoms with Crippen LogP contribution in [0.1, 0.15) is 28.8 Å². The molecule has 1 aromatic carbocycles. The highest BCUT2D eigenvalue weighted by Crippen LogP contribution is 2.42. The molecule has 112 valence electrons. The largest absolute Gasteiger partial charge is 0.364 e. The number of rotatable bonds is 2. The van der Waals surface area contributed by atoms with Crippen LogP contribution in [0.2, 0.25) is 0 Å². The average molecular weight is 296 g/mol. The van der Waals surface area contributed by atoms with Crippen molar-refractivity contribution in [2.45, 2.75) is 25.1 Å². The Morgan fingerprint density at radius 3 is 2.68 bits per heavy atom. The van der Waals surface area contributed by atoms with Gasteiger partial charge in [0.25, 0.3) is 5.56 Å². The van der Waals surface area contributed by atoms with Gasteiger partial charge in [-0.15, -0.1) is 0 Å². The van der Waals surface area contributed by atoms with Gasteiger partial charge in [0.2, 0.25) is 11.5 Å². The summed E-state index contributed by atoms with van der Waals surface area (Å²) in [6.07, 6.45) is 2.85. The Morgan fingerprint density at radius 2 is 1.91 bits per heavy atom. The van der Waals surface area contributed by atoms with Crippen molar-refractivity contribution in [2.24, 2.45) is 0 Å². The normalized spacial score (nSPS) is 22.8. The summed E-state index contributed by atoms with van der Waals surface area (Å²) in [5.74, 6) is -0.451. The van der Waals surface area contributed by atoms with E-state index in [1.165, 1.54) is 4.57 Å². The lowest BCUT2D eigenvalue weighted by Gasteiger charge is -2.25. The van der Waals surface area contributed by atoms with E-state index >= 15 is 0 Å². The summed E-state index contributed by atoms with van der Waals surface area (Å²) in [5, 5.41) is 10.6. The number of aromatic nitrogens is 1. The Balaban J connectivity index is 1.80. The maximum atomic E-state index is 12.7. The summed E-state index contributed by atoms with van der Waals surface area (Å²) in [6, 6.07) is 11.4. The van der Waals surface area contributed by atoms with E-state index in [-0.39, 0.29) is 11.1 Å². The Hall–Kier alpha value is -2.40. The first-order valence-corrected chi connectivity index (χ1v) is 7.43. The van der Waals surface area contributed by atoms with Crippen LogP contribution in [0.3, 0.4) is 0 Å². The van der Waals surface area contributed by atoms with Crippen molar-refractivity contribution < 1.29 is 9.90 Å². The van der Waals surface area contributed by atoms with Crippen LogP contribution in [0.25, 0.3) is 0 Å². The molecule has 0 bridgehead atoms. The second-order valence-corrected chi connectivity index (χ2v) is 5.90. The summed E-state index contributed by atoms with van der Waals surface area (Å²) in [5.41, 5.74) is -0.142. The predicted molar refractivity (Wildman–Crippen MR) is 82.1 cm³/mol. The second kappa shape index (κ2) is 4.55. The maximum Gasteiger partial charge on any atom is 0.264 e. The van der Waals surface area contributed by atoms with Crippen molar-refractivity contribution in [1.82, 2.24) is 4.57 Å². The zero-order valence-corrected chi connectivity index (χ0v) is 12.0. The van der Waals surface area contributed by atoms with Crippen molar-refractivity contribution in [1.29, 1.82) is 0 Å². The molecule has 1 fully saturated rings. The number of nitrogens with zero attached hydrogens (tertiary/aromatic N) is 2. The van der Waals surface area contributed by atoms with E-state index in [0.717, 1.165) is 12.0 Å². The molecule has 1 N–H and O–H groups in total. The molecule has 5 nitrogen and oxygen atoms in total. The lowest BCUT2D eigenvalue weighted by molar-refractivity contribution is 0.0412. The number of benzene rings is 1. The van der Waals surface area contributed by atoms with E-state index in [1.807, 2.05) is 30.3 Å².